The van der Waals surface area contributed by atoms with Crippen LogP contribution in [-0.2, 0) is 13.5 Å². The SMILES string of the molecule is CC(Cc1ncn(C)c1N)C1C2CC3CC(C2)CC1C3. The molecule has 1 aromatic heterocycles. The second-order valence-corrected chi connectivity index (χ2v) is 7.88. The second kappa shape index (κ2) is 4.51. The van der Waals surface area contributed by atoms with Crippen LogP contribution in [0.4, 0.5) is 5.82 Å². The maximum Gasteiger partial charge on any atom is 0.126 e. The van der Waals surface area contributed by atoms with E-state index in [1.54, 1.807) is 6.42 Å². The van der Waals surface area contributed by atoms with Crippen molar-refractivity contribution in [3.05, 3.63) is 12.0 Å². The first-order chi connectivity index (χ1) is 9.61. The summed E-state index contributed by atoms with van der Waals surface area (Å²) in [6.07, 6.45) is 10.5. The molecule has 4 bridgehead atoms. The van der Waals surface area contributed by atoms with Crippen molar-refractivity contribution in [3.63, 3.8) is 0 Å². The second-order valence-electron chi connectivity index (χ2n) is 7.88. The van der Waals surface area contributed by atoms with E-state index in [1.807, 2.05) is 17.9 Å². The number of hydrogen-bond acceptors (Lipinski definition) is 2. The van der Waals surface area contributed by atoms with Crippen molar-refractivity contribution >= 4 is 5.82 Å². The van der Waals surface area contributed by atoms with Crippen molar-refractivity contribution in [2.24, 2.45) is 42.6 Å². The van der Waals surface area contributed by atoms with Crippen LogP contribution in [0.5, 0.6) is 0 Å². The molecule has 0 saturated heterocycles. The highest BCUT2D eigenvalue weighted by molar-refractivity contribution is 5.35. The highest BCUT2D eigenvalue weighted by Crippen LogP contribution is 2.58. The van der Waals surface area contributed by atoms with E-state index in [0.29, 0.717) is 0 Å². The zero-order valence-electron chi connectivity index (χ0n) is 12.8. The van der Waals surface area contributed by atoms with Gasteiger partial charge in [0.2, 0.25) is 0 Å². The highest BCUT2D eigenvalue weighted by Gasteiger charge is 2.49. The Labute approximate surface area is 122 Å². The van der Waals surface area contributed by atoms with Gasteiger partial charge in [-0.1, -0.05) is 6.92 Å². The van der Waals surface area contributed by atoms with Crippen molar-refractivity contribution in [3.8, 4) is 0 Å². The van der Waals surface area contributed by atoms with Crippen molar-refractivity contribution in [1.29, 1.82) is 0 Å². The fraction of sp³-hybridized carbons (Fsp3) is 0.824. The predicted octanol–water partition coefficient (Wildman–Crippen LogP) is 3.25. The highest BCUT2D eigenvalue weighted by atomic mass is 15.1. The van der Waals surface area contributed by atoms with Crippen LogP contribution in [0.25, 0.3) is 0 Å². The third kappa shape index (κ3) is 1.89. The molecule has 20 heavy (non-hydrogen) atoms. The summed E-state index contributed by atoms with van der Waals surface area (Å²) in [5, 5.41) is 0. The topological polar surface area (TPSA) is 43.8 Å². The van der Waals surface area contributed by atoms with Crippen molar-refractivity contribution in [2.45, 2.75) is 45.4 Å². The van der Waals surface area contributed by atoms with Crippen LogP contribution >= 0.6 is 0 Å². The minimum atomic E-state index is 0.738. The van der Waals surface area contributed by atoms with Gasteiger partial charge in [0.05, 0.1) is 12.0 Å². The Morgan fingerprint density at radius 1 is 1.20 bits per heavy atom. The number of aryl methyl sites for hydroxylation is 1. The summed E-state index contributed by atoms with van der Waals surface area (Å²) in [4.78, 5) is 4.51. The lowest BCUT2D eigenvalue weighted by Crippen LogP contribution is -2.47. The molecule has 1 atom stereocenters. The van der Waals surface area contributed by atoms with Crippen LogP contribution in [-0.4, -0.2) is 9.55 Å². The van der Waals surface area contributed by atoms with Gasteiger partial charge < -0.3 is 10.3 Å². The minimum Gasteiger partial charge on any atom is -0.384 e. The van der Waals surface area contributed by atoms with Gasteiger partial charge in [-0.3, -0.25) is 0 Å². The Hall–Kier alpha value is -0.990. The molecule has 3 heteroatoms. The first kappa shape index (κ1) is 12.7. The lowest BCUT2D eigenvalue weighted by Gasteiger charge is -2.56. The molecule has 4 saturated carbocycles. The molecule has 5 rings (SSSR count). The molecule has 2 N–H and O–H groups in total. The van der Waals surface area contributed by atoms with E-state index < -0.39 is 0 Å². The summed E-state index contributed by atoms with van der Waals surface area (Å²) in [6.45, 7) is 2.45. The molecule has 0 amide bonds. The third-order valence-electron chi connectivity index (χ3n) is 6.53. The molecule has 1 unspecified atom stereocenters. The van der Waals surface area contributed by atoms with Gasteiger partial charge in [-0.15, -0.1) is 0 Å². The van der Waals surface area contributed by atoms with E-state index >= 15 is 0 Å². The summed E-state index contributed by atoms with van der Waals surface area (Å²) in [5.41, 5.74) is 7.25. The summed E-state index contributed by atoms with van der Waals surface area (Å²) in [5.74, 6) is 6.69. The molecule has 3 nitrogen and oxygen atoms in total. The van der Waals surface area contributed by atoms with Crippen LogP contribution in [0.15, 0.2) is 6.33 Å². The Morgan fingerprint density at radius 2 is 1.80 bits per heavy atom. The van der Waals surface area contributed by atoms with E-state index in [2.05, 4.69) is 11.9 Å². The zero-order chi connectivity index (χ0) is 13.9. The molecular formula is C17H27N3. The first-order valence-corrected chi connectivity index (χ1v) is 8.37. The van der Waals surface area contributed by atoms with E-state index in [-0.39, 0.29) is 0 Å². The van der Waals surface area contributed by atoms with E-state index in [1.165, 1.54) is 25.7 Å². The van der Waals surface area contributed by atoms with Gasteiger partial charge in [-0.25, -0.2) is 4.98 Å². The quantitative estimate of drug-likeness (QED) is 0.918. The van der Waals surface area contributed by atoms with Gasteiger partial charge in [0.25, 0.3) is 0 Å². The number of nitrogens with two attached hydrogens (primary N) is 1. The number of anilines is 1. The molecule has 0 aliphatic heterocycles. The summed E-state index contributed by atoms with van der Waals surface area (Å²) < 4.78 is 1.94. The van der Waals surface area contributed by atoms with Crippen LogP contribution in [0.1, 0.15) is 44.7 Å². The van der Waals surface area contributed by atoms with Crippen molar-refractivity contribution in [1.82, 2.24) is 9.55 Å². The molecule has 1 aromatic rings. The van der Waals surface area contributed by atoms with Gasteiger partial charge in [-0.05, 0) is 74.0 Å². The molecule has 0 spiro atoms. The Morgan fingerprint density at radius 3 is 2.30 bits per heavy atom. The fourth-order valence-electron chi connectivity index (χ4n) is 5.98. The standard InChI is InChI=1S/C17H27N3/c1-10(3-15-17(18)20(2)9-19-15)16-13-5-11-4-12(7-13)8-14(16)6-11/h9-14,16H,3-8,18H2,1-2H3. The lowest BCUT2D eigenvalue weighted by molar-refractivity contribution is -0.0584. The average Bonchev–Trinajstić information content (AvgIpc) is 2.69. The van der Waals surface area contributed by atoms with Crippen molar-refractivity contribution < 1.29 is 0 Å². The minimum absolute atomic E-state index is 0.738. The number of imidazole rings is 1. The van der Waals surface area contributed by atoms with E-state index in [9.17, 15) is 0 Å². The zero-order valence-corrected chi connectivity index (χ0v) is 12.8. The average molecular weight is 273 g/mol. The number of hydrogen-bond donors (Lipinski definition) is 1. The third-order valence-corrected chi connectivity index (χ3v) is 6.53. The number of rotatable bonds is 3. The Kier molecular flexibility index (Phi) is 2.87. The molecule has 0 radical (unpaired) electrons. The number of nitrogen functional groups attached to an aromatic ring is 1. The molecule has 4 aliphatic carbocycles. The Bertz CT molecular complexity index is 476. The van der Waals surface area contributed by atoms with Crippen LogP contribution < -0.4 is 5.73 Å². The Balaban J connectivity index is 1.51. The number of nitrogens with zero attached hydrogens (tertiary/aromatic N) is 2. The number of aromatic nitrogens is 2. The van der Waals surface area contributed by atoms with Gasteiger partial charge in [-0.2, -0.15) is 0 Å². The lowest BCUT2D eigenvalue weighted by atomic mass is 9.49. The molecule has 4 aliphatic rings. The molecular weight excluding hydrogens is 246 g/mol. The smallest absolute Gasteiger partial charge is 0.126 e. The molecule has 110 valence electrons. The van der Waals surface area contributed by atoms with Crippen LogP contribution in [0.3, 0.4) is 0 Å². The van der Waals surface area contributed by atoms with Gasteiger partial charge in [0, 0.05) is 7.05 Å². The fourth-order valence-corrected chi connectivity index (χ4v) is 5.98. The van der Waals surface area contributed by atoms with Gasteiger partial charge in [0.1, 0.15) is 5.82 Å². The summed E-state index contributed by atoms with van der Waals surface area (Å²) in [6, 6.07) is 0. The summed E-state index contributed by atoms with van der Waals surface area (Å²) in [7, 11) is 1.99. The maximum atomic E-state index is 6.13. The molecule has 1 heterocycles. The predicted molar refractivity (Wildman–Crippen MR) is 81.0 cm³/mol. The van der Waals surface area contributed by atoms with Gasteiger partial charge >= 0.3 is 0 Å². The molecule has 0 aromatic carbocycles. The van der Waals surface area contributed by atoms with E-state index in [4.69, 9.17) is 5.73 Å². The van der Waals surface area contributed by atoms with Crippen molar-refractivity contribution in [2.75, 3.05) is 5.73 Å². The maximum absolute atomic E-state index is 6.13. The monoisotopic (exact) mass is 273 g/mol. The van der Waals surface area contributed by atoms with Gasteiger partial charge in [0.15, 0.2) is 0 Å². The normalized spacial score (nSPS) is 40.2. The van der Waals surface area contributed by atoms with Crippen LogP contribution in [0.2, 0.25) is 0 Å². The van der Waals surface area contributed by atoms with E-state index in [0.717, 1.165) is 53.4 Å². The first-order valence-electron chi connectivity index (χ1n) is 8.37. The summed E-state index contributed by atoms with van der Waals surface area (Å²) >= 11 is 0. The van der Waals surface area contributed by atoms with Crippen LogP contribution in [0, 0.1) is 35.5 Å². The molecule has 4 fully saturated rings. The largest absolute Gasteiger partial charge is 0.384 e.